The monoisotopic (exact) mass is 277 g/mol. The molecule has 0 aliphatic carbocycles. The molecule has 0 fully saturated rings. The Balaban J connectivity index is 2.37. The maximum Gasteiger partial charge on any atom is 0.312 e. The minimum atomic E-state index is -0.527. The third-order valence-electron chi connectivity index (χ3n) is 2.99. The van der Waals surface area contributed by atoms with Crippen molar-refractivity contribution in [2.75, 3.05) is 11.9 Å². The van der Waals surface area contributed by atoms with E-state index in [4.69, 9.17) is 5.73 Å². The molecular weight excluding hydrogens is 254 g/mol. The summed E-state index contributed by atoms with van der Waals surface area (Å²) in [5.41, 5.74) is 6.97. The van der Waals surface area contributed by atoms with E-state index in [0.29, 0.717) is 18.9 Å². The maximum absolute atomic E-state index is 11.9. The van der Waals surface area contributed by atoms with E-state index in [1.807, 2.05) is 24.3 Å². The van der Waals surface area contributed by atoms with E-state index >= 15 is 0 Å². The zero-order valence-electron chi connectivity index (χ0n) is 12.1. The molecule has 1 aromatic carbocycles. The summed E-state index contributed by atoms with van der Waals surface area (Å²) >= 11 is 0. The van der Waals surface area contributed by atoms with Crippen LogP contribution < -0.4 is 16.4 Å². The van der Waals surface area contributed by atoms with E-state index in [0.717, 1.165) is 24.1 Å². The summed E-state index contributed by atoms with van der Waals surface area (Å²) in [7, 11) is 0. The molecule has 5 heteroatoms. The van der Waals surface area contributed by atoms with E-state index in [-0.39, 0.29) is 5.91 Å². The average Bonchev–Trinajstić information content (AvgIpc) is 2.38. The Kier molecular flexibility index (Phi) is 6.56. The Labute approximate surface area is 119 Å². The van der Waals surface area contributed by atoms with Gasteiger partial charge in [-0.05, 0) is 30.4 Å². The summed E-state index contributed by atoms with van der Waals surface area (Å²) in [6.45, 7) is 4.70. The van der Waals surface area contributed by atoms with Gasteiger partial charge in [0, 0.05) is 18.7 Å². The topological polar surface area (TPSA) is 84.2 Å². The Morgan fingerprint density at radius 2 is 1.90 bits per heavy atom. The van der Waals surface area contributed by atoms with Crippen LogP contribution in [0.5, 0.6) is 0 Å². The molecule has 110 valence electrons. The summed E-state index contributed by atoms with van der Waals surface area (Å²) in [6.07, 6.45) is 1.89. The van der Waals surface area contributed by atoms with Crippen molar-refractivity contribution < 1.29 is 9.59 Å². The largest absolute Gasteiger partial charge is 0.352 e. The van der Waals surface area contributed by atoms with Crippen LogP contribution in [0.3, 0.4) is 0 Å². The fraction of sp³-hybridized carbons (Fsp3) is 0.467. The highest BCUT2D eigenvalue weighted by atomic mass is 16.2. The van der Waals surface area contributed by atoms with Crippen LogP contribution in [0.25, 0.3) is 0 Å². The van der Waals surface area contributed by atoms with Gasteiger partial charge < -0.3 is 16.4 Å². The first-order valence-corrected chi connectivity index (χ1v) is 6.92. The molecule has 0 heterocycles. The highest BCUT2D eigenvalue weighted by Gasteiger charge is 2.08. The van der Waals surface area contributed by atoms with Crippen LogP contribution in [0.15, 0.2) is 24.3 Å². The maximum atomic E-state index is 11.9. The van der Waals surface area contributed by atoms with Gasteiger partial charge in [0.25, 0.3) is 0 Å². The van der Waals surface area contributed by atoms with E-state index in [9.17, 15) is 9.59 Å². The van der Waals surface area contributed by atoms with Crippen molar-refractivity contribution in [1.82, 2.24) is 5.32 Å². The molecule has 3 amide bonds. The number of anilines is 1. The second kappa shape index (κ2) is 8.19. The van der Waals surface area contributed by atoms with Crippen LogP contribution >= 0.6 is 0 Å². The molecule has 5 nitrogen and oxygen atoms in total. The first kappa shape index (κ1) is 16.0. The number of primary amides is 1. The van der Waals surface area contributed by atoms with Gasteiger partial charge in [0.2, 0.25) is 5.91 Å². The molecule has 0 radical (unpaired) electrons. The average molecular weight is 277 g/mol. The molecule has 1 aromatic rings. The lowest BCUT2D eigenvalue weighted by Gasteiger charge is -2.13. The van der Waals surface area contributed by atoms with Crippen molar-refractivity contribution in [2.24, 2.45) is 5.73 Å². The van der Waals surface area contributed by atoms with Gasteiger partial charge in [-0.1, -0.05) is 32.0 Å². The van der Waals surface area contributed by atoms with Gasteiger partial charge in [0.15, 0.2) is 0 Å². The number of benzene rings is 1. The number of unbranched alkanes of at least 4 members (excludes halogenated alkanes) is 1. The fourth-order valence-electron chi connectivity index (χ4n) is 1.95. The lowest BCUT2D eigenvalue weighted by Crippen LogP contribution is -2.30. The number of urea groups is 1. The van der Waals surface area contributed by atoms with Crippen molar-refractivity contribution in [3.05, 3.63) is 29.8 Å². The number of rotatable bonds is 7. The summed E-state index contributed by atoms with van der Waals surface area (Å²) in [4.78, 5) is 22.3. The second-order valence-electron chi connectivity index (χ2n) is 5.04. The van der Waals surface area contributed by atoms with Crippen LogP contribution in [0.4, 0.5) is 10.5 Å². The van der Waals surface area contributed by atoms with Crippen LogP contribution in [0.1, 0.15) is 44.6 Å². The molecule has 0 saturated heterocycles. The SMILES string of the molecule is CC(C)c1ccccc1NC(=O)CCCCNC(N)=O. The quantitative estimate of drug-likeness (QED) is 0.669. The molecule has 0 aromatic heterocycles. The van der Waals surface area contributed by atoms with Gasteiger partial charge in [0.05, 0.1) is 0 Å². The van der Waals surface area contributed by atoms with Crippen LogP contribution in [-0.4, -0.2) is 18.5 Å². The van der Waals surface area contributed by atoms with Gasteiger partial charge >= 0.3 is 6.03 Å². The molecule has 0 bridgehead atoms. The first-order chi connectivity index (χ1) is 9.50. The lowest BCUT2D eigenvalue weighted by molar-refractivity contribution is -0.116. The Morgan fingerprint density at radius 3 is 2.55 bits per heavy atom. The number of hydrogen-bond acceptors (Lipinski definition) is 2. The molecule has 1 rings (SSSR count). The van der Waals surface area contributed by atoms with Gasteiger partial charge in [-0.3, -0.25) is 4.79 Å². The molecule has 0 aliphatic heterocycles. The summed E-state index contributed by atoms with van der Waals surface area (Å²) in [6, 6.07) is 7.30. The predicted octanol–water partition coefficient (Wildman–Crippen LogP) is 2.59. The molecule has 20 heavy (non-hydrogen) atoms. The fourth-order valence-corrected chi connectivity index (χ4v) is 1.95. The first-order valence-electron chi connectivity index (χ1n) is 6.92. The van der Waals surface area contributed by atoms with Crippen molar-refractivity contribution in [3.8, 4) is 0 Å². The lowest BCUT2D eigenvalue weighted by atomic mass is 10.0. The Morgan fingerprint density at radius 1 is 1.20 bits per heavy atom. The second-order valence-corrected chi connectivity index (χ2v) is 5.04. The van der Waals surface area contributed by atoms with E-state index in [2.05, 4.69) is 24.5 Å². The third kappa shape index (κ3) is 5.73. The molecule has 0 atom stereocenters. The number of nitrogens with two attached hydrogens (primary N) is 1. The smallest absolute Gasteiger partial charge is 0.312 e. The van der Waals surface area contributed by atoms with Gasteiger partial charge in [-0.2, -0.15) is 0 Å². The van der Waals surface area contributed by atoms with E-state index in [1.165, 1.54) is 0 Å². The zero-order chi connectivity index (χ0) is 15.0. The zero-order valence-corrected chi connectivity index (χ0v) is 12.1. The molecule has 0 spiro atoms. The summed E-state index contributed by atoms with van der Waals surface area (Å²) < 4.78 is 0. The van der Waals surface area contributed by atoms with Crippen molar-refractivity contribution in [1.29, 1.82) is 0 Å². The van der Waals surface area contributed by atoms with Crippen molar-refractivity contribution >= 4 is 17.6 Å². The number of para-hydroxylation sites is 1. The van der Waals surface area contributed by atoms with Crippen LogP contribution in [0.2, 0.25) is 0 Å². The number of hydrogen-bond donors (Lipinski definition) is 3. The van der Waals surface area contributed by atoms with Gasteiger partial charge in [0.1, 0.15) is 0 Å². The highest BCUT2D eigenvalue weighted by molar-refractivity contribution is 5.91. The molecule has 0 aliphatic rings. The molecular formula is C15H23N3O2. The number of nitrogens with one attached hydrogen (secondary N) is 2. The Bertz CT molecular complexity index is 458. The number of carbonyl (C=O) groups is 2. The van der Waals surface area contributed by atoms with E-state index < -0.39 is 6.03 Å². The number of carbonyl (C=O) groups excluding carboxylic acids is 2. The third-order valence-corrected chi connectivity index (χ3v) is 2.99. The molecule has 0 unspecified atom stereocenters. The Hall–Kier alpha value is -2.04. The molecule has 4 N–H and O–H groups in total. The highest BCUT2D eigenvalue weighted by Crippen LogP contribution is 2.23. The van der Waals surface area contributed by atoms with Crippen LogP contribution in [0, 0.1) is 0 Å². The standard InChI is InChI=1S/C15H23N3O2/c1-11(2)12-7-3-4-8-13(12)18-14(19)9-5-6-10-17-15(16)20/h3-4,7-8,11H,5-6,9-10H2,1-2H3,(H,18,19)(H3,16,17,20). The minimum absolute atomic E-state index is 0.00262. The van der Waals surface area contributed by atoms with E-state index in [1.54, 1.807) is 0 Å². The van der Waals surface area contributed by atoms with Gasteiger partial charge in [-0.25, -0.2) is 4.79 Å². The van der Waals surface area contributed by atoms with Gasteiger partial charge in [-0.15, -0.1) is 0 Å². The number of amides is 3. The summed E-state index contributed by atoms with van der Waals surface area (Å²) in [5.74, 6) is 0.364. The minimum Gasteiger partial charge on any atom is -0.352 e. The van der Waals surface area contributed by atoms with Crippen LogP contribution in [-0.2, 0) is 4.79 Å². The molecule has 0 saturated carbocycles. The van der Waals surface area contributed by atoms with Crippen molar-refractivity contribution in [2.45, 2.75) is 39.0 Å². The van der Waals surface area contributed by atoms with Crippen molar-refractivity contribution in [3.63, 3.8) is 0 Å². The normalized spacial score (nSPS) is 10.3. The predicted molar refractivity (Wildman–Crippen MR) is 80.6 cm³/mol. The summed E-state index contributed by atoms with van der Waals surface area (Å²) in [5, 5.41) is 5.44.